The first-order valence-corrected chi connectivity index (χ1v) is 7.21. The number of halogens is 1. The summed E-state index contributed by atoms with van der Waals surface area (Å²) in [4.78, 5) is 12.0. The number of nitrogens with one attached hydrogen (secondary N) is 2. The predicted molar refractivity (Wildman–Crippen MR) is 82.5 cm³/mol. The number of aryl methyl sites for hydroxylation is 1. The van der Waals surface area contributed by atoms with Crippen molar-refractivity contribution in [3.05, 3.63) is 23.8 Å². The maximum atomic E-state index is 12.0. The molecule has 1 amide bonds. The number of carbonyl (C=O) groups is 1. The van der Waals surface area contributed by atoms with E-state index in [1.54, 1.807) is 11.8 Å². The average molecular weight is 303 g/mol. The van der Waals surface area contributed by atoms with Gasteiger partial charge < -0.3 is 10.1 Å². The molecule has 0 radical (unpaired) electrons. The van der Waals surface area contributed by atoms with Crippen LogP contribution in [0.15, 0.2) is 18.2 Å². The maximum Gasteiger partial charge on any atom is 0.242 e. The Morgan fingerprint density at radius 1 is 1.58 bits per heavy atom. The molecule has 1 aromatic carbocycles. The van der Waals surface area contributed by atoms with E-state index in [0.29, 0.717) is 6.61 Å². The standard InChI is InChI=1S/C13H18N2O2S.ClH/c1-3-17-10-4-5-11(9(2)6-10)15-13(16)12-7-18-8-14-12;/h4-6,12,14H,3,7-8H2,1-2H3,(H,15,16);1H/t12-;/m1./s1. The quantitative estimate of drug-likeness (QED) is 0.897. The Labute approximate surface area is 124 Å². The number of amides is 1. The van der Waals surface area contributed by atoms with Crippen molar-refractivity contribution in [1.29, 1.82) is 0 Å². The van der Waals surface area contributed by atoms with E-state index in [1.165, 1.54) is 0 Å². The number of hydrogen-bond acceptors (Lipinski definition) is 4. The molecule has 2 N–H and O–H groups in total. The van der Waals surface area contributed by atoms with Gasteiger partial charge in [-0.3, -0.25) is 10.1 Å². The van der Waals surface area contributed by atoms with Crippen LogP contribution >= 0.6 is 24.2 Å². The number of hydrogen-bond donors (Lipinski definition) is 2. The van der Waals surface area contributed by atoms with Crippen LogP contribution < -0.4 is 15.4 Å². The molecule has 0 bridgehead atoms. The number of thioether (sulfide) groups is 1. The van der Waals surface area contributed by atoms with Gasteiger partial charge in [-0.05, 0) is 37.6 Å². The molecule has 1 saturated heterocycles. The van der Waals surface area contributed by atoms with Crippen LogP contribution in [0.1, 0.15) is 12.5 Å². The molecule has 19 heavy (non-hydrogen) atoms. The van der Waals surface area contributed by atoms with Gasteiger partial charge in [0, 0.05) is 17.3 Å². The molecule has 0 unspecified atom stereocenters. The zero-order chi connectivity index (χ0) is 13.0. The van der Waals surface area contributed by atoms with Gasteiger partial charge in [0.2, 0.25) is 5.91 Å². The highest BCUT2D eigenvalue weighted by Crippen LogP contribution is 2.22. The number of benzene rings is 1. The van der Waals surface area contributed by atoms with Crippen molar-refractivity contribution in [2.75, 3.05) is 23.6 Å². The Bertz CT molecular complexity index is 437. The van der Waals surface area contributed by atoms with E-state index < -0.39 is 0 Å². The third-order valence-corrected chi connectivity index (χ3v) is 3.74. The first kappa shape index (κ1) is 16.1. The average Bonchev–Trinajstić information content (AvgIpc) is 2.86. The van der Waals surface area contributed by atoms with Crippen molar-refractivity contribution in [2.24, 2.45) is 0 Å². The first-order valence-electron chi connectivity index (χ1n) is 6.06. The summed E-state index contributed by atoms with van der Waals surface area (Å²) in [6.07, 6.45) is 0. The summed E-state index contributed by atoms with van der Waals surface area (Å²) >= 11 is 1.74. The van der Waals surface area contributed by atoms with Gasteiger partial charge >= 0.3 is 0 Å². The smallest absolute Gasteiger partial charge is 0.242 e. The van der Waals surface area contributed by atoms with Crippen LogP contribution in [0, 0.1) is 6.92 Å². The van der Waals surface area contributed by atoms with Gasteiger partial charge in [0.25, 0.3) is 0 Å². The Balaban J connectivity index is 0.00000180. The SMILES string of the molecule is CCOc1ccc(NC(=O)[C@H]2CSCN2)c(C)c1.Cl. The van der Waals surface area contributed by atoms with E-state index in [0.717, 1.165) is 28.6 Å². The second-order valence-corrected chi connectivity index (χ2v) is 5.20. The molecule has 1 fully saturated rings. The molecule has 1 atom stereocenters. The van der Waals surface area contributed by atoms with Gasteiger partial charge in [-0.15, -0.1) is 24.2 Å². The summed E-state index contributed by atoms with van der Waals surface area (Å²) in [7, 11) is 0. The highest BCUT2D eigenvalue weighted by molar-refractivity contribution is 7.99. The van der Waals surface area contributed by atoms with Crippen LogP contribution in [0.4, 0.5) is 5.69 Å². The normalized spacial score (nSPS) is 17.7. The van der Waals surface area contributed by atoms with Crippen LogP contribution in [0.2, 0.25) is 0 Å². The second-order valence-electron chi connectivity index (χ2n) is 4.17. The Morgan fingerprint density at radius 3 is 2.95 bits per heavy atom. The molecule has 0 aromatic heterocycles. The highest BCUT2D eigenvalue weighted by Gasteiger charge is 2.22. The third kappa shape index (κ3) is 4.30. The molecule has 1 aliphatic rings. The lowest BCUT2D eigenvalue weighted by Gasteiger charge is -2.13. The monoisotopic (exact) mass is 302 g/mol. The van der Waals surface area contributed by atoms with E-state index in [2.05, 4.69) is 10.6 Å². The van der Waals surface area contributed by atoms with E-state index in [9.17, 15) is 4.79 Å². The van der Waals surface area contributed by atoms with Gasteiger partial charge in [-0.25, -0.2) is 0 Å². The topological polar surface area (TPSA) is 50.4 Å². The maximum absolute atomic E-state index is 12.0. The molecule has 2 rings (SSSR count). The molecule has 6 heteroatoms. The third-order valence-electron chi connectivity index (χ3n) is 2.80. The first-order chi connectivity index (χ1) is 8.70. The Kier molecular flexibility index (Phi) is 6.48. The summed E-state index contributed by atoms with van der Waals surface area (Å²) in [5.41, 5.74) is 1.86. The molecule has 0 saturated carbocycles. The summed E-state index contributed by atoms with van der Waals surface area (Å²) in [6.45, 7) is 4.57. The van der Waals surface area contributed by atoms with E-state index >= 15 is 0 Å². The van der Waals surface area contributed by atoms with Gasteiger partial charge in [0.1, 0.15) is 5.75 Å². The Hall–Kier alpha value is -0.910. The Morgan fingerprint density at radius 2 is 2.37 bits per heavy atom. The molecule has 106 valence electrons. The summed E-state index contributed by atoms with van der Waals surface area (Å²) < 4.78 is 5.42. The van der Waals surface area contributed by atoms with E-state index in [-0.39, 0.29) is 24.4 Å². The van der Waals surface area contributed by atoms with Crippen molar-refractivity contribution in [2.45, 2.75) is 19.9 Å². The molecule has 1 heterocycles. The minimum atomic E-state index is -0.0824. The van der Waals surface area contributed by atoms with Gasteiger partial charge in [0.15, 0.2) is 0 Å². The zero-order valence-electron chi connectivity index (χ0n) is 11.1. The summed E-state index contributed by atoms with van der Waals surface area (Å²) in [6, 6.07) is 5.63. The van der Waals surface area contributed by atoms with Crippen LogP contribution in [-0.4, -0.2) is 30.2 Å². The fraction of sp³-hybridized carbons (Fsp3) is 0.462. The van der Waals surface area contributed by atoms with Crippen molar-refractivity contribution in [3.63, 3.8) is 0 Å². The number of ether oxygens (including phenoxy) is 1. The zero-order valence-corrected chi connectivity index (χ0v) is 12.7. The van der Waals surface area contributed by atoms with Crippen LogP contribution in [0.3, 0.4) is 0 Å². The molecule has 0 spiro atoms. The van der Waals surface area contributed by atoms with Crippen molar-refractivity contribution < 1.29 is 9.53 Å². The molecule has 1 aliphatic heterocycles. The lowest BCUT2D eigenvalue weighted by molar-refractivity contribution is -0.117. The number of rotatable bonds is 4. The minimum Gasteiger partial charge on any atom is -0.494 e. The van der Waals surface area contributed by atoms with Gasteiger partial charge in [0.05, 0.1) is 12.6 Å². The van der Waals surface area contributed by atoms with Crippen molar-refractivity contribution >= 4 is 35.8 Å². The molecule has 1 aromatic rings. The fourth-order valence-electron chi connectivity index (χ4n) is 1.82. The van der Waals surface area contributed by atoms with Crippen LogP contribution in [0.25, 0.3) is 0 Å². The van der Waals surface area contributed by atoms with E-state index in [1.807, 2.05) is 32.0 Å². The summed E-state index contributed by atoms with van der Waals surface area (Å²) in [5.74, 6) is 2.55. The lowest BCUT2D eigenvalue weighted by atomic mass is 10.2. The second kappa shape index (κ2) is 7.62. The lowest BCUT2D eigenvalue weighted by Crippen LogP contribution is -2.37. The predicted octanol–water partition coefficient (Wildman–Crippen LogP) is 2.42. The molecular weight excluding hydrogens is 284 g/mol. The molecule has 0 aliphatic carbocycles. The van der Waals surface area contributed by atoms with Gasteiger partial charge in [-0.2, -0.15) is 0 Å². The minimum absolute atomic E-state index is 0. The fourth-order valence-corrected chi connectivity index (χ4v) is 2.76. The van der Waals surface area contributed by atoms with E-state index in [4.69, 9.17) is 4.74 Å². The largest absolute Gasteiger partial charge is 0.494 e. The van der Waals surface area contributed by atoms with Crippen LogP contribution in [-0.2, 0) is 4.79 Å². The van der Waals surface area contributed by atoms with Crippen molar-refractivity contribution in [3.8, 4) is 5.75 Å². The highest BCUT2D eigenvalue weighted by atomic mass is 35.5. The van der Waals surface area contributed by atoms with Crippen LogP contribution in [0.5, 0.6) is 5.75 Å². The number of anilines is 1. The molecular formula is C13H19ClN2O2S. The van der Waals surface area contributed by atoms with Gasteiger partial charge in [-0.1, -0.05) is 0 Å². The van der Waals surface area contributed by atoms with Crippen molar-refractivity contribution in [1.82, 2.24) is 5.32 Å². The number of carbonyl (C=O) groups excluding carboxylic acids is 1. The summed E-state index contributed by atoms with van der Waals surface area (Å²) in [5, 5.41) is 6.11. The molecule has 4 nitrogen and oxygen atoms in total.